The van der Waals surface area contributed by atoms with Gasteiger partial charge in [-0.25, -0.2) is 59.0 Å². The van der Waals surface area contributed by atoms with Crippen LogP contribution in [-0.4, -0.2) is 165 Å². The number of hydrogen-bond acceptors (Lipinski definition) is 23. The molecule has 128 heavy (non-hydrogen) atoms. The number of nitrogens with zero attached hydrogens (tertiary/aromatic N) is 14. The van der Waals surface area contributed by atoms with Crippen LogP contribution in [-0.2, 0) is 24.4 Å². The first-order valence-electron chi connectivity index (χ1n) is 41.9. The summed E-state index contributed by atoms with van der Waals surface area (Å²) in [6, 6.07) is 72.6. The van der Waals surface area contributed by atoms with E-state index in [1.54, 1.807) is 30.1 Å². The molecule has 9 aromatic carbocycles. The average Bonchev–Trinajstić information content (AvgIpc) is 1.57. The SMILES string of the molecule is CN(C(=O)c1sc2ncnc3c2c1NC(=O)N3c1cccc(Oc2ccccc2)c1)c1ccc(CN2CCOCC2)cc1.CN1CCN(Cc2ccc(NC(=O)c3sc4ncnc5c4c3NC(=O)N5c3cccc(Oc4ccccc4)c3)cc2)CC1.O=C(Nc1ccc(CN2CCCCC2)cc1)c1sc2ncnc3c2c1NC(=O)N3c1cccc(Oc2ccccc2)c1. The number of likely N-dealkylation sites (tertiary alicyclic amines) is 1. The zero-order chi connectivity index (χ0) is 87.1. The van der Waals surface area contributed by atoms with Gasteiger partial charge in [-0.15, -0.1) is 34.0 Å². The minimum absolute atomic E-state index is 0.239. The van der Waals surface area contributed by atoms with Crippen molar-refractivity contribution in [2.75, 3.05) is 126 Å². The Morgan fingerprint density at radius 2 is 0.734 bits per heavy atom. The lowest BCUT2D eigenvalue weighted by Gasteiger charge is -2.32. The zero-order valence-electron chi connectivity index (χ0n) is 69.6. The Morgan fingerprint density at radius 3 is 1.12 bits per heavy atom. The number of hydrogen-bond donors (Lipinski definition) is 5. The van der Waals surface area contributed by atoms with Crippen LogP contribution < -0.4 is 60.4 Å². The highest BCUT2D eigenvalue weighted by molar-refractivity contribution is 7.22. The molecule has 3 saturated heterocycles. The summed E-state index contributed by atoms with van der Waals surface area (Å²) in [5, 5.41) is 16.6. The number of benzene rings is 9. The second-order valence-electron chi connectivity index (χ2n) is 31.2. The number of para-hydroxylation sites is 3. The van der Waals surface area contributed by atoms with Gasteiger partial charge < -0.3 is 55.3 Å². The predicted octanol–water partition coefficient (Wildman–Crippen LogP) is 19.8. The summed E-state index contributed by atoms with van der Waals surface area (Å²) in [5.74, 6) is 4.15. The number of carbonyl (C=O) groups is 6. The molecule has 0 atom stereocenters. The first kappa shape index (κ1) is 83.1. The Kier molecular flexibility index (Phi) is 24.3. The molecular formula is C96H85N19O10S3. The average molecular weight is 1760 g/mol. The highest BCUT2D eigenvalue weighted by Crippen LogP contribution is 2.50. The second-order valence-corrected chi connectivity index (χ2v) is 34.2. The van der Waals surface area contributed by atoms with Crippen molar-refractivity contribution in [1.82, 2.24) is 49.5 Å². The van der Waals surface area contributed by atoms with Gasteiger partial charge in [-0.1, -0.05) is 116 Å². The van der Waals surface area contributed by atoms with Gasteiger partial charge >= 0.3 is 18.1 Å². The normalized spacial score (nSPS) is 15.1. The van der Waals surface area contributed by atoms with Gasteiger partial charge in [-0.05, 0) is 159 Å². The van der Waals surface area contributed by atoms with Gasteiger partial charge in [0, 0.05) is 101 Å². The number of anilines is 12. The van der Waals surface area contributed by atoms with Crippen molar-refractivity contribution < 1.29 is 47.7 Å². The summed E-state index contributed by atoms with van der Waals surface area (Å²) in [6.07, 6.45) is 8.05. The van der Waals surface area contributed by atoms with Crippen molar-refractivity contribution in [1.29, 1.82) is 0 Å². The van der Waals surface area contributed by atoms with Crippen molar-refractivity contribution in [3.8, 4) is 34.5 Å². The molecule has 0 aliphatic carbocycles. The minimum Gasteiger partial charge on any atom is -0.457 e. The number of ether oxygens (including phenoxy) is 4. The first-order valence-corrected chi connectivity index (χ1v) is 44.4. The molecule has 21 rings (SSSR count). The largest absolute Gasteiger partial charge is 0.457 e. The summed E-state index contributed by atoms with van der Waals surface area (Å²) >= 11 is 3.68. The summed E-state index contributed by atoms with van der Waals surface area (Å²) in [4.78, 5) is 126. The molecule has 0 saturated carbocycles. The number of carbonyl (C=O) groups excluding carboxylic acids is 6. The van der Waals surface area contributed by atoms with Gasteiger partial charge in [-0.3, -0.25) is 29.1 Å². The maximum Gasteiger partial charge on any atom is 0.332 e. The highest BCUT2D eigenvalue weighted by atomic mass is 32.1. The Hall–Kier alpha value is -14.5. The van der Waals surface area contributed by atoms with Gasteiger partial charge in [0.2, 0.25) is 0 Å². The number of rotatable bonds is 21. The molecule has 6 aliphatic rings. The zero-order valence-corrected chi connectivity index (χ0v) is 72.1. The van der Waals surface area contributed by atoms with E-state index in [4.69, 9.17) is 18.9 Å². The van der Waals surface area contributed by atoms with Crippen molar-refractivity contribution in [3.05, 3.63) is 287 Å². The molecule has 0 spiro atoms. The molecule has 642 valence electrons. The molecule has 6 aliphatic heterocycles. The van der Waals surface area contributed by atoms with E-state index >= 15 is 0 Å². The van der Waals surface area contributed by atoms with Gasteiger partial charge in [-0.2, -0.15) is 0 Å². The summed E-state index contributed by atoms with van der Waals surface area (Å²) in [6.45, 7) is 12.5. The molecular weight excluding hydrogens is 1680 g/mol. The van der Waals surface area contributed by atoms with Crippen molar-refractivity contribution >= 4 is 169 Å². The lowest BCUT2D eigenvalue weighted by molar-refractivity contribution is 0.0342. The van der Waals surface area contributed by atoms with E-state index < -0.39 is 18.1 Å². The molecule has 5 N–H and O–H groups in total. The number of piperidine rings is 1. The number of urea groups is 3. The minimum atomic E-state index is -0.426. The van der Waals surface area contributed by atoms with Crippen LogP contribution in [0.5, 0.6) is 34.5 Å². The van der Waals surface area contributed by atoms with Crippen LogP contribution in [0.2, 0.25) is 0 Å². The van der Waals surface area contributed by atoms with Crippen LogP contribution in [0.4, 0.5) is 83.0 Å². The van der Waals surface area contributed by atoms with Gasteiger partial charge in [0.15, 0.2) is 17.5 Å². The van der Waals surface area contributed by atoms with Crippen LogP contribution in [0, 0.1) is 0 Å². The maximum absolute atomic E-state index is 13.8. The lowest BCUT2D eigenvalue weighted by atomic mass is 10.1. The van der Waals surface area contributed by atoms with Crippen LogP contribution in [0.25, 0.3) is 30.6 Å². The first-order chi connectivity index (χ1) is 62.7. The number of piperazine rings is 1. The van der Waals surface area contributed by atoms with E-state index in [0.717, 1.165) is 90.9 Å². The highest BCUT2D eigenvalue weighted by Gasteiger charge is 2.39. The molecule has 0 radical (unpaired) electrons. The quantitative estimate of drug-likeness (QED) is 0.0446. The summed E-state index contributed by atoms with van der Waals surface area (Å²) in [5.41, 5.74) is 8.71. The van der Waals surface area contributed by atoms with Gasteiger partial charge in [0.25, 0.3) is 17.7 Å². The van der Waals surface area contributed by atoms with Crippen molar-refractivity contribution in [2.45, 2.75) is 38.9 Å². The Morgan fingerprint density at radius 1 is 0.391 bits per heavy atom. The number of nitrogens with one attached hydrogen (secondary N) is 5. The van der Waals surface area contributed by atoms with Crippen molar-refractivity contribution in [3.63, 3.8) is 0 Å². The third-order valence-corrected chi connectivity index (χ3v) is 25.8. The number of likely N-dealkylation sites (N-methyl/N-ethyl adjacent to an activating group) is 1. The fourth-order valence-corrected chi connectivity index (χ4v) is 19.1. The summed E-state index contributed by atoms with van der Waals surface area (Å²) in [7, 11) is 3.88. The van der Waals surface area contributed by atoms with Crippen LogP contribution in [0.15, 0.2) is 256 Å². The van der Waals surface area contributed by atoms with E-state index in [1.807, 2.05) is 206 Å². The van der Waals surface area contributed by atoms with E-state index in [0.29, 0.717) is 143 Å². The molecule has 29 nitrogen and oxygen atoms in total. The standard InChI is InChI=1S/C32H29N7O3S.C32H28N6O4S.C32H28N6O3S/c1-37-14-16-38(17-15-37)19-21-10-12-22(13-11-21)35-30(40)28-27-26-29(33-20-34-31(26)43-28)39(32(41)36-27)23-6-5-9-25(18-23)42-24-7-3-2-4-8-24;1-36(22-12-10-21(11-13-22)19-37-14-16-41-17-15-37)31(39)28-27-26-29(33-20-34-30(26)43-28)38(32(40)35-27)23-6-5-9-25(18-23)42-24-7-3-2-4-8-24;39-30(35-22-14-12-21(13-15-22)19-37-16-5-2-6-17-37)28-27-26-29(33-20-34-31(26)42-28)38(32(40)36-27)23-8-7-11-25(18-23)41-24-9-3-1-4-10-24/h2-13,18,20H,14-17,19H2,1H3,(H,35,40)(H,36,41);2-13,18,20H,14-17,19H2,1H3,(H,35,40);1,3-4,7-15,18,20H,2,5-6,16-17,19H2,(H,35,39)(H,36,40). The Bertz CT molecular complexity index is 6630. The van der Waals surface area contributed by atoms with Gasteiger partial charge in [0.05, 0.1) is 63.5 Å². The van der Waals surface area contributed by atoms with E-state index in [-0.39, 0.29) is 17.7 Å². The van der Waals surface area contributed by atoms with E-state index in [1.165, 1.54) is 104 Å². The molecule has 6 aromatic heterocycles. The number of morpholine rings is 1. The van der Waals surface area contributed by atoms with Gasteiger partial charge in [0.1, 0.15) is 82.6 Å². The summed E-state index contributed by atoms with van der Waals surface area (Å²) < 4.78 is 23.4. The fourth-order valence-electron chi connectivity index (χ4n) is 16.0. The monoisotopic (exact) mass is 1760 g/mol. The molecule has 32 heteroatoms. The third-order valence-electron chi connectivity index (χ3n) is 22.5. The molecule has 9 amide bonds. The van der Waals surface area contributed by atoms with Crippen LogP contribution in [0.1, 0.15) is 65.0 Å². The number of thiophene rings is 3. The topological polar surface area (TPSA) is 303 Å². The third kappa shape index (κ3) is 18.2. The smallest absolute Gasteiger partial charge is 0.332 e. The Balaban J connectivity index is 0.000000125. The van der Waals surface area contributed by atoms with Crippen LogP contribution in [0.3, 0.4) is 0 Å². The molecule has 12 heterocycles. The van der Waals surface area contributed by atoms with E-state index in [9.17, 15) is 28.8 Å². The molecule has 15 aromatic rings. The number of amides is 9. The second kappa shape index (κ2) is 37.4. The van der Waals surface area contributed by atoms with Crippen LogP contribution >= 0.6 is 34.0 Å². The van der Waals surface area contributed by atoms with E-state index in [2.05, 4.69) is 95.3 Å². The molecule has 0 unspecified atom stereocenters. The Labute approximate surface area is 747 Å². The maximum atomic E-state index is 13.8. The fraction of sp³-hybridized carbons (Fsp3) is 0.188. The van der Waals surface area contributed by atoms with Crippen molar-refractivity contribution in [2.24, 2.45) is 0 Å². The number of aromatic nitrogens is 6. The molecule has 0 bridgehead atoms. The molecule has 3 fully saturated rings. The lowest BCUT2D eigenvalue weighted by Crippen LogP contribution is -2.43. The predicted molar refractivity (Wildman–Crippen MR) is 501 cm³/mol.